The lowest BCUT2D eigenvalue weighted by Crippen LogP contribution is -2.15. The summed E-state index contributed by atoms with van der Waals surface area (Å²) < 4.78 is 0. The van der Waals surface area contributed by atoms with Crippen molar-refractivity contribution in [3.8, 4) is 11.1 Å². The van der Waals surface area contributed by atoms with Crippen molar-refractivity contribution in [2.45, 2.75) is 13.8 Å². The number of hydrogen-bond acceptors (Lipinski definition) is 2. The van der Waals surface area contributed by atoms with Crippen LogP contribution in [0.5, 0.6) is 0 Å². The van der Waals surface area contributed by atoms with Gasteiger partial charge in [0, 0.05) is 34.1 Å². The van der Waals surface area contributed by atoms with Crippen LogP contribution in [0, 0.1) is 0 Å². The van der Waals surface area contributed by atoms with Gasteiger partial charge >= 0.3 is 0 Å². The summed E-state index contributed by atoms with van der Waals surface area (Å²) in [7, 11) is 0. The highest BCUT2D eigenvalue weighted by atomic mass is 15.1. The van der Waals surface area contributed by atoms with Gasteiger partial charge in [0.1, 0.15) is 0 Å². The molecule has 0 aliphatic rings. The van der Waals surface area contributed by atoms with Crippen molar-refractivity contribution in [1.82, 2.24) is 0 Å². The third-order valence-electron chi connectivity index (χ3n) is 6.38. The summed E-state index contributed by atoms with van der Waals surface area (Å²) in [5.41, 5.74) is 8.76. The number of nitrogens with zero attached hydrogens (tertiary/aromatic N) is 2. The first-order chi connectivity index (χ1) is 19.7. The molecule has 2 heteroatoms. The number of hydrogen-bond donors (Lipinski definition) is 0. The van der Waals surface area contributed by atoms with E-state index in [9.17, 15) is 0 Å². The topological polar surface area (TPSA) is 6.48 Å². The Balaban J connectivity index is 1.69. The molecule has 0 N–H and O–H groups in total. The average molecular weight is 521 g/mol. The molecule has 0 aliphatic carbocycles. The predicted molar refractivity (Wildman–Crippen MR) is 175 cm³/mol. The molecule has 0 spiro atoms. The molecule has 40 heavy (non-hydrogen) atoms. The van der Waals surface area contributed by atoms with Crippen molar-refractivity contribution in [1.29, 1.82) is 0 Å². The fraction of sp³-hybridized carbons (Fsp3) is 0.0526. The van der Waals surface area contributed by atoms with Crippen molar-refractivity contribution in [3.63, 3.8) is 0 Å². The van der Waals surface area contributed by atoms with Crippen molar-refractivity contribution < 1.29 is 0 Å². The van der Waals surface area contributed by atoms with Crippen LogP contribution < -0.4 is 9.80 Å². The Bertz CT molecular complexity index is 1390. The third-order valence-corrected chi connectivity index (χ3v) is 6.38. The van der Waals surface area contributed by atoms with E-state index in [1.54, 1.807) is 0 Å². The summed E-state index contributed by atoms with van der Waals surface area (Å²) >= 11 is 0. The molecule has 0 unspecified atom stereocenters. The smallest absolute Gasteiger partial charge is 0.0462 e. The zero-order valence-electron chi connectivity index (χ0n) is 23.3. The normalized spacial score (nSPS) is 12.1. The quantitative estimate of drug-likeness (QED) is 0.181. The minimum absolute atomic E-state index is 1.05. The van der Waals surface area contributed by atoms with Crippen LogP contribution in [-0.2, 0) is 0 Å². The van der Waals surface area contributed by atoms with Crippen LogP contribution in [0.25, 0.3) is 11.1 Å². The number of para-hydroxylation sites is 2. The van der Waals surface area contributed by atoms with Gasteiger partial charge in [-0.05, 0) is 97.8 Å². The van der Waals surface area contributed by atoms with E-state index in [0.29, 0.717) is 0 Å². The van der Waals surface area contributed by atoms with Gasteiger partial charge in [0.2, 0.25) is 0 Å². The minimum atomic E-state index is 1.05. The number of rotatable bonds is 11. The van der Waals surface area contributed by atoms with Gasteiger partial charge < -0.3 is 9.80 Å². The summed E-state index contributed by atoms with van der Waals surface area (Å²) in [5, 5.41) is 0. The second kappa shape index (κ2) is 14.2. The highest BCUT2D eigenvalue weighted by molar-refractivity contribution is 5.76. The van der Waals surface area contributed by atoms with E-state index in [4.69, 9.17) is 0 Å². The maximum absolute atomic E-state index is 3.92. The molecule has 0 bridgehead atoms. The van der Waals surface area contributed by atoms with Gasteiger partial charge in [-0.15, -0.1) is 0 Å². The van der Waals surface area contributed by atoms with E-state index >= 15 is 0 Å². The van der Waals surface area contributed by atoms with Crippen LogP contribution in [0.15, 0.2) is 182 Å². The minimum Gasteiger partial charge on any atom is -0.311 e. The van der Waals surface area contributed by atoms with Gasteiger partial charge in [0.05, 0.1) is 0 Å². The molecule has 2 nitrogen and oxygen atoms in total. The van der Waals surface area contributed by atoms with Gasteiger partial charge in [-0.2, -0.15) is 0 Å². The monoisotopic (exact) mass is 520 g/mol. The summed E-state index contributed by atoms with van der Waals surface area (Å²) in [6.45, 7) is 11.9. The Kier molecular flexibility index (Phi) is 9.90. The standard InChI is InChI=1S/C38H36N2/c1-5-15-33(16-6-2)39(35-19-11-9-12-20-35)37-27-23-31(24-28-37)32-25-29-38(30-26-32)40(34(17-7-3)18-8-4)36-21-13-10-14-22-36/h5-30H,1,3H2,2,4H3/b16-6-,18-8-,33-15+,34-17+. The van der Waals surface area contributed by atoms with Gasteiger partial charge in [0.25, 0.3) is 0 Å². The second-order valence-corrected chi connectivity index (χ2v) is 9.09. The number of anilines is 4. The zero-order valence-corrected chi connectivity index (χ0v) is 23.3. The highest BCUT2D eigenvalue weighted by Crippen LogP contribution is 2.35. The van der Waals surface area contributed by atoms with Crippen molar-refractivity contribution in [2.24, 2.45) is 0 Å². The Labute approximate surface area is 239 Å². The molecule has 0 radical (unpaired) electrons. The Morgan fingerprint density at radius 3 is 1.10 bits per heavy atom. The molecule has 0 aliphatic heterocycles. The largest absolute Gasteiger partial charge is 0.311 e. The fourth-order valence-electron chi connectivity index (χ4n) is 4.65. The first kappa shape index (κ1) is 27.9. The maximum Gasteiger partial charge on any atom is 0.0462 e. The molecule has 198 valence electrons. The first-order valence-electron chi connectivity index (χ1n) is 13.5. The molecule has 0 fully saturated rings. The summed E-state index contributed by atoms with van der Waals surface area (Å²) in [6.07, 6.45) is 16.0. The van der Waals surface area contributed by atoms with Crippen LogP contribution in [0.1, 0.15) is 13.8 Å². The summed E-state index contributed by atoms with van der Waals surface area (Å²) in [5.74, 6) is 0. The second-order valence-electron chi connectivity index (χ2n) is 9.09. The molecular weight excluding hydrogens is 484 g/mol. The Morgan fingerprint density at radius 1 is 0.475 bits per heavy atom. The maximum atomic E-state index is 3.92. The van der Waals surface area contributed by atoms with E-state index in [1.165, 1.54) is 0 Å². The molecule has 0 amide bonds. The van der Waals surface area contributed by atoms with E-state index in [-0.39, 0.29) is 0 Å². The van der Waals surface area contributed by atoms with Crippen LogP contribution in [0.2, 0.25) is 0 Å². The molecule has 0 saturated heterocycles. The van der Waals surface area contributed by atoms with Crippen molar-refractivity contribution in [3.05, 3.63) is 182 Å². The van der Waals surface area contributed by atoms with Gasteiger partial charge in [-0.25, -0.2) is 0 Å². The molecule has 4 aromatic rings. The van der Waals surface area contributed by atoms with E-state index in [2.05, 4.69) is 132 Å². The third kappa shape index (κ3) is 6.67. The average Bonchev–Trinajstić information content (AvgIpc) is 3.00. The molecule has 0 saturated carbocycles. The van der Waals surface area contributed by atoms with Gasteiger partial charge in [-0.1, -0.05) is 98.1 Å². The van der Waals surface area contributed by atoms with Crippen molar-refractivity contribution in [2.75, 3.05) is 9.80 Å². The van der Waals surface area contributed by atoms with Gasteiger partial charge in [0.15, 0.2) is 0 Å². The Hall–Kier alpha value is -5.08. The first-order valence-corrected chi connectivity index (χ1v) is 13.5. The zero-order chi connectivity index (χ0) is 28.2. The van der Waals surface area contributed by atoms with E-state index < -0.39 is 0 Å². The van der Waals surface area contributed by atoms with Crippen LogP contribution in [-0.4, -0.2) is 0 Å². The lowest BCUT2D eigenvalue weighted by molar-refractivity contribution is 1.20. The van der Waals surface area contributed by atoms with Gasteiger partial charge in [-0.3, -0.25) is 0 Å². The molecule has 0 atom stereocenters. The fourth-order valence-corrected chi connectivity index (χ4v) is 4.65. The molecule has 4 aromatic carbocycles. The van der Waals surface area contributed by atoms with E-state index in [0.717, 1.165) is 45.3 Å². The summed E-state index contributed by atoms with van der Waals surface area (Å²) in [6, 6.07) is 38.2. The van der Waals surface area contributed by atoms with E-state index in [1.807, 2.05) is 62.4 Å². The van der Waals surface area contributed by atoms with Crippen LogP contribution in [0.3, 0.4) is 0 Å². The van der Waals surface area contributed by atoms with Crippen LogP contribution >= 0.6 is 0 Å². The lowest BCUT2D eigenvalue weighted by atomic mass is 10.0. The summed E-state index contributed by atoms with van der Waals surface area (Å²) in [4.78, 5) is 4.47. The number of benzene rings is 4. The Morgan fingerprint density at radius 2 is 0.800 bits per heavy atom. The SMILES string of the molecule is C=C/C=C(\C=C/C)N(c1ccccc1)c1ccc(-c2ccc(N(C(/C=C\C)=C/C=C)c3ccccc3)cc2)cc1. The van der Waals surface area contributed by atoms with Crippen LogP contribution in [0.4, 0.5) is 22.7 Å². The molecule has 0 aromatic heterocycles. The molecular formula is C38H36N2. The molecule has 4 rings (SSSR count). The van der Waals surface area contributed by atoms with Crippen molar-refractivity contribution >= 4 is 22.7 Å². The number of allylic oxidation sites excluding steroid dienone is 8. The predicted octanol–water partition coefficient (Wildman–Crippen LogP) is 10.9. The highest BCUT2D eigenvalue weighted by Gasteiger charge is 2.14. The molecule has 0 heterocycles. The lowest BCUT2D eigenvalue weighted by Gasteiger charge is -2.27.